The Balaban J connectivity index is 3.52. The van der Waals surface area contributed by atoms with Crippen LogP contribution in [-0.4, -0.2) is 41.0 Å². The van der Waals surface area contributed by atoms with Crippen molar-refractivity contribution in [3.05, 3.63) is 0 Å². The normalized spacial score (nSPS) is 11.9. The SMILES string of the molecule is COCCCNS(=O)(=O)CCCCN. The third-order valence-electron chi connectivity index (χ3n) is 1.71. The second kappa shape index (κ2) is 8.16. The van der Waals surface area contributed by atoms with E-state index in [0.29, 0.717) is 32.5 Å². The summed E-state index contributed by atoms with van der Waals surface area (Å²) in [7, 11) is -1.50. The smallest absolute Gasteiger partial charge is 0.211 e. The monoisotopic (exact) mass is 224 g/mol. The van der Waals surface area contributed by atoms with Crippen molar-refractivity contribution in [1.82, 2.24) is 4.72 Å². The Morgan fingerprint density at radius 1 is 1.29 bits per heavy atom. The topological polar surface area (TPSA) is 81.4 Å². The molecule has 0 saturated heterocycles. The van der Waals surface area contributed by atoms with Gasteiger partial charge < -0.3 is 10.5 Å². The highest BCUT2D eigenvalue weighted by Gasteiger charge is 2.07. The van der Waals surface area contributed by atoms with E-state index in [9.17, 15) is 8.42 Å². The van der Waals surface area contributed by atoms with Crippen molar-refractivity contribution in [3.63, 3.8) is 0 Å². The highest BCUT2D eigenvalue weighted by molar-refractivity contribution is 7.89. The Morgan fingerprint density at radius 2 is 2.00 bits per heavy atom. The fourth-order valence-electron chi connectivity index (χ4n) is 0.953. The van der Waals surface area contributed by atoms with Crippen molar-refractivity contribution in [2.24, 2.45) is 5.73 Å². The molecule has 0 aliphatic carbocycles. The minimum atomic E-state index is -3.10. The minimum Gasteiger partial charge on any atom is -0.385 e. The molecule has 0 rings (SSSR count). The standard InChI is InChI=1S/C8H20N2O3S/c1-13-7-4-6-10-14(11,12)8-3-2-5-9/h10H,2-9H2,1H3. The van der Waals surface area contributed by atoms with Gasteiger partial charge in [0.1, 0.15) is 0 Å². The Morgan fingerprint density at radius 3 is 2.57 bits per heavy atom. The van der Waals surface area contributed by atoms with Crippen LogP contribution in [0.25, 0.3) is 0 Å². The second-order valence-electron chi connectivity index (χ2n) is 3.06. The molecule has 0 saturated carbocycles. The Hall–Kier alpha value is -0.170. The van der Waals surface area contributed by atoms with Gasteiger partial charge in [0.05, 0.1) is 5.75 Å². The lowest BCUT2D eigenvalue weighted by Crippen LogP contribution is -2.28. The number of nitrogens with one attached hydrogen (secondary N) is 1. The molecule has 0 aromatic rings. The van der Waals surface area contributed by atoms with E-state index >= 15 is 0 Å². The summed E-state index contributed by atoms with van der Waals surface area (Å²) in [5.74, 6) is 0.164. The summed E-state index contributed by atoms with van der Waals surface area (Å²) in [6.07, 6.45) is 2.07. The van der Waals surface area contributed by atoms with Crippen LogP contribution >= 0.6 is 0 Å². The first-order valence-electron chi connectivity index (χ1n) is 4.78. The van der Waals surface area contributed by atoms with Gasteiger partial charge in [-0.05, 0) is 25.8 Å². The third-order valence-corrected chi connectivity index (χ3v) is 3.18. The number of rotatable bonds is 9. The summed E-state index contributed by atoms with van der Waals surface area (Å²) >= 11 is 0. The fraction of sp³-hybridized carbons (Fsp3) is 1.00. The van der Waals surface area contributed by atoms with Crippen LogP contribution in [0.4, 0.5) is 0 Å². The van der Waals surface area contributed by atoms with Gasteiger partial charge in [0.25, 0.3) is 0 Å². The summed E-state index contributed by atoms with van der Waals surface area (Å²) < 4.78 is 29.9. The zero-order chi connectivity index (χ0) is 10.9. The molecule has 0 aliphatic heterocycles. The van der Waals surface area contributed by atoms with Crippen LogP contribution in [-0.2, 0) is 14.8 Å². The molecule has 14 heavy (non-hydrogen) atoms. The molecular formula is C8H20N2O3S. The van der Waals surface area contributed by atoms with Crippen molar-refractivity contribution in [2.75, 3.05) is 32.6 Å². The Kier molecular flexibility index (Phi) is 8.07. The van der Waals surface area contributed by atoms with Crippen LogP contribution in [0.5, 0.6) is 0 Å². The maximum atomic E-state index is 11.3. The number of unbranched alkanes of at least 4 members (excludes halogenated alkanes) is 1. The van der Waals surface area contributed by atoms with E-state index in [0.717, 1.165) is 6.42 Å². The number of hydrogen-bond donors (Lipinski definition) is 2. The van der Waals surface area contributed by atoms with Gasteiger partial charge in [-0.15, -0.1) is 0 Å². The van der Waals surface area contributed by atoms with Crippen LogP contribution in [0.1, 0.15) is 19.3 Å². The molecule has 0 heterocycles. The summed E-state index contributed by atoms with van der Waals surface area (Å²) in [5.41, 5.74) is 5.27. The van der Waals surface area contributed by atoms with Gasteiger partial charge in [0, 0.05) is 20.3 Å². The predicted octanol–water partition coefficient (Wildman–Crippen LogP) is -0.319. The second-order valence-corrected chi connectivity index (χ2v) is 4.98. The van der Waals surface area contributed by atoms with Crippen LogP contribution in [0.15, 0.2) is 0 Å². The first-order chi connectivity index (χ1) is 6.62. The average Bonchev–Trinajstić information content (AvgIpc) is 2.13. The first-order valence-corrected chi connectivity index (χ1v) is 6.44. The lowest BCUT2D eigenvalue weighted by Gasteiger charge is -2.05. The number of ether oxygens (including phenoxy) is 1. The molecule has 0 bridgehead atoms. The summed E-state index contributed by atoms with van der Waals surface area (Å²) in [5, 5.41) is 0. The molecule has 6 heteroatoms. The third kappa shape index (κ3) is 8.43. The van der Waals surface area contributed by atoms with E-state index in [1.54, 1.807) is 7.11 Å². The zero-order valence-electron chi connectivity index (χ0n) is 8.66. The van der Waals surface area contributed by atoms with Gasteiger partial charge in [-0.25, -0.2) is 13.1 Å². The Labute approximate surface area is 86.1 Å². The predicted molar refractivity (Wildman–Crippen MR) is 56.6 cm³/mol. The van der Waals surface area contributed by atoms with Crippen molar-refractivity contribution in [2.45, 2.75) is 19.3 Å². The quantitative estimate of drug-likeness (QED) is 0.526. The van der Waals surface area contributed by atoms with E-state index < -0.39 is 10.0 Å². The molecule has 86 valence electrons. The molecule has 0 unspecified atom stereocenters. The first kappa shape index (κ1) is 13.8. The van der Waals surface area contributed by atoms with Crippen LogP contribution in [0.2, 0.25) is 0 Å². The van der Waals surface area contributed by atoms with Crippen LogP contribution in [0, 0.1) is 0 Å². The van der Waals surface area contributed by atoms with Gasteiger partial charge in [0.2, 0.25) is 10.0 Å². The molecule has 0 radical (unpaired) electrons. The molecule has 0 atom stereocenters. The highest BCUT2D eigenvalue weighted by Crippen LogP contribution is 1.93. The lowest BCUT2D eigenvalue weighted by atomic mass is 10.3. The number of hydrogen-bond acceptors (Lipinski definition) is 4. The van der Waals surface area contributed by atoms with Crippen molar-refractivity contribution in [3.8, 4) is 0 Å². The van der Waals surface area contributed by atoms with Crippen molar-refractivity contribution >= 4 is 10.0 Å². The highest BCUT2D eigenvalue weighted by atomic mass is 32.2. The number of sulfonamides is 1. The van der Waals surface area contributed by atoms with Crippen molar-refractivity contribution < 1.29 is 13.2 Å². The molecule has 0 fully saturated rings. The molecule has 0 aliphatic rings. The fourth-order valence-corrected chi connectivity index (χ4v) is 2.14. The summed E-state index contributed by atoms with van der Waals surface area (Å²) in [4.78, 5) is 0. The van der Waals surface area contributed by atoms with E-state index in [-0.39, 0.29) is 5.75 Å². The largest absolute Gasteiger partial charge is 0.385 e. The van der Waals surface area contributed by atoms with Gasteiger partial charge in [-0.3, -0.25) is 0 Å². The molecule has 0 aromatic heterocycles. The minimum absolute atomic E-state index is 0.164. The maximum Gasteiger partial charge on any atom is 0.211 e. The van der Waals surface area contributed by atoms with E-state index in [1.807, 2.05) is 0 Å². The van der Waals surface area contributed by atoms with Crippen molar-refractivity contribution in [1.29, 1.82) is 0 Å². The number of methoxy groups -OCH3 is 1. The molecular weight excluding hydrogens is 204 g/mol. The van der Waals surface area contributed by atoms with E-state index in [1.165, 1.54) is 0 Å². The molecule has 5 nitrogen and oxygen atoms in total. The van der Waals surface area contributed by atoms with Gasteiger partial charge in [-0.1, -0.05) is 0 Å². The Bertz CT molecular complexity index is 217. The molecule has 0 spiro atoms. The average molecular weight is 224 g/mol. The summed E-state index contributed by atoms with van der Waals surface area (Å²) in [6.45, 7) is 1.56. The zero-order valence-corrected chi connectivity index (χ0v) is 9.48. The molecule has 0 amide bonds. The number of nitrogens with two attached hydrogens (primary N) is 1. The molecule has 0 aromatic carbocycles. The van der Waals surface area contributed by atoms with Gasteiger partial charge in [-0.2, -0.15) is 0 Å². The lowest BCUT2D eigenvalue weighted by molar-refractivity contribution is 0.196. The maximum absolute atomic E-state index is 11.3. The molecule has 3 N–H and O–H groups in total. The van der Waals surface area contributed by atoms with E-state index in [2.05, 4.69) is 4.72 Å². The van der Waals surface area contributed by atoms with Crippen LogP contribution in [0.3, 0.4) is 0 Å². The summed E-state index contributed by atoms with van der Waals surface area (Å²) in [6, 6.07) is 0. The van der Waals surface area contributed by atoms with Gasteiger partial charge >= 0.3 is 0 Å². The van der Waals surface area contributed by atoms with E-state index in [4.69, 9.17) is 10.5 Å². The van der Waals surface area contributed by atoms with Crippen LogP contribution < -0.4 is 10.5 Å². The van der Waals surface area contributed by atoms with Gasteiger partial charge in [0.15, 0.2) is 0 Å².